The fourth-order valence-corrected chi connectivity index (χ4v) is 4.45. The molecule has 0 aliphatic carbocycles. The van der Waals surface area contributed by atoms with E-state index in [1.807, 2.05) is 35.3 Å². The predicted molar refractivity (Wildman–Crippen MR) is 108 cm³/mol. The van der Waals surface area contributed by atoms with E-state index in [-0.39, 0.29) is 27.9 Å². The van der Waals surface area contributed by atoms with Crippen molar-refractivity contribution in [3.05, 3.63) is 64.7 Å². The van der Waals surface area contributed by atoms with E-state index in [1.165, 1.54) is 23.1 Å². The molecule has 7 nitrogen and oxygen atoms in total. The molecule has 3 rings (SSSR count). The summed E-state index contributed by atoms with van der Waals surface area (Å²) >= 11 is 6.11. The summed E-state index contributed by atoms with van der Waals surface area (Å²) in [7, 11) is -1.76. The molecule has 0 unspecified atom stereocenters. The normalized spacial score (nSPS) is 16.1. The first-order valence-electron chi connectivity index (χ1n) is 9.05. The molecule has 1 heterocycles. The molecule has 0 radical (unpaired) electrons. The number of sulfonamides is 1. The van der Waals surface area contributed by atoms with Crippen LogP contribution in [-0.4, -0.2) is 52.6 Å². The fourth-order valence-electron chi connectivity index (χ4n) is 2.91. The van der Waals surface area contributed by atoms with Crippen LogP contribution in [0, 0.1) is 0 Å². The van der Waals surface area contributed by atoms with E-state index in [0.29, 0.717) is 0 Å². The lowest BCUT2D eigenvalue weighted by Gasteiger charge is -2.30. The van der Waals surface area contributed by atoms with Gasteiger partial charge >= 0.3 is 0 Å². The third-order valence-corrected chi connectivity index (χ3v) is 6.55. The number of benzene rings is 2. The first-order chi connectivity index (χ1) is 13.3. The topological polar surface area (TPSA) is 83.0 Å². The van der Waals surface area contributed by atoms with Crippen LogP contribution in [-0.2, 0) is 16.6 Å². The van der Waals surface area contributed by atoms with Gasteiger partial charge in [-0.25, -0.2) is 18.1 Å². The van der Waals surface area contributed by atoms with E-state index in [1.54, 1.807) is 0 Å². The minimum Gasteiger partial charge on any atom is -0.335 e. The molecule has 1 amide bonds. The molecule has 0 atom stereocenters. The highest BCUT2D eigenvalue weighted by molar-refractivity contribution is 7.89. The van der Waals surface area contributed by atoms with Gasteiger partial charge in [-0.15, -0.1) is 0 Å². The Bertz CT molecular complexity index is 929. The smallest absolute Gasteiger partial charge is 0.265 e. The van der Waals surface area contributed by atoms with Crippen molar-refractivity contribution in [1.29, 1.82) is 0 Å². The number of carbonyl (C=O) groups excluding carboxylic acids is 1. The van der Waals surface area contributed by atoms with Crippen LogP contribution in [0.1, 0.15) is 15.9 Å². The van der Waals surface area contributed by atoms with Crippen LogP contribution in [0.4, 0.5) is 0 Å². The highest BCUT2D eigenvalue weighted by Crippen LogP contribution is 2.23. The van der Waals surface area contributed by atoms with Gasteiger partial charge in [0.1, 0.15) is 4.90 Å². The first-order valence-corrected chi connectivity index (χ1v) is 10.9. The Morgan fingerprint density at radius 2 is 1.82 bits per heavy atom. The molecule has 1 aliphatic heterocycles. The monoisotopic (exact) mass is 423 g/mol. The molecule has 150 valence electrons. The number of carbonyl (C=O) groups is 1. The molecule has 28 heavy (non-hydrogen) atoms. The van der Waals surface area contributed by atoms with Crippen molar-refractivity contribution < 1.29 is 18.1 Å². The summed E-state index contributed by atoms with van der Waals surface area (Å²) in [5.41, 5.74) is 3.91. The molecule has 1 aliphatic rings. The van der Waals surface area contributed by atoms with Gasteiger partial charge in [-0.3, -0.25) is 10.2 Å². The molecule has 0 saturated carbocycles. The second-order valence-corrected chi connectivity index (χ2v) is 8.98. The largest absolute Gasteiger partial charge is 0.335 e. The molecule has 0 aromatic heterocycles. The van der Waals surface area contributed by atoms with E-state index in [4.69, 9.17) is 11.6 Å². The molecule has 0 bridgehead atoms. The number of likely N-dealkylation sites (N-methyl/N-ethyl adjacent to an activating group) is 1. The van der Waals surface area contributed by atoms with E-state index in [2.05, 4.69) is 17.2 Å². The van der Waals surface area contributed by atoms with Crippen LogP contribution in [0.3, 0.4) is 0 Å². The standard InChI is InChI=1S/C19H23ClN4O3S/c1-23-9-11-24(12-10-23)22-19(25)16-7-8-17(20)18(13-16)28(26,27)21-14-15-5-3-2-4-6-15/h2-8,13,21H,9-12,14H2,1H3,(H,22,25)/p+1. The molecular weight excluding hydrogens is 400 g/mol. The number of halogens is 1. The summed E-state index contributed by atoms with van der Waals surface area (Å²) in [5, 5.41) is 1.92. The summed E-state index contributed by atoms with van der Waals surface area (Å²) in [6.45, 7) is 3.50. The van der Waals surface area contributed by atoms with Crippen LogP contribution < -0.4 is 15.0 Å². The van der Waals surface area contributed by atoms with Crippen molar-refractivity contribution in [2.45, 2.75) is 11.4 Å². The van der Waals surface area contributed by atoms with Crippen molar-refractivity contribution in [2.24, 2.45) is 0 Å². The number of hydrogen-bond acceptors (Lipinski definition) is 4. The Labute approximate surface area is 170 Å². The van der Waals surface area contributed by atoms with E-state index < -0.39 is 10.0 Å². The second kappa shape index (κ2) is 9.02. The lowest BCUT2D eigenvalue weighted by molar-refractivity contribution is -0.884. The van der Waals surface area contributed by atoms with Gasteiger partial charge in [-0.05, 0) is 23.8 Å². The first kappa shape index (κ1) is 20.8. The van der Waals surface area contributed by atoms with Crippen LogP contribution in [0.5, 0.6) is 0 Å². The highest BCUT2D eigenvalue weighted by atomic mass is 35.5. The van der Waals surface area contributed by atoms with Gasteiger partial charge in [0, 0.05) is 12.1 Å². The van der Waals surface area contributed by atoms with Crippen LogP contribution in [0.2, 0.25) is 5.02 Å². The summed E-state index contributed by atoms with van der Waals surface area (Å²) in [6, 6.07) is 13.4. The molecule has 2 aromatic carbocycles. The molecular formula is C19H24ClN4O3S+. The Morgan fingerprint density at radius 3 is 2.50 bits per heavy atom. The van der Waals surface area contributed by atoms with Crippen molar-refractivity contribution >= 4 is 27.5 Å². The number of nitrogens with one attached hydrogen (secondary N) is 3. The SMILES string of the molecule is C[NH+]1CCN(NC(=O)c2ccc(Cl)c(S(=O)(=O)NCc3ccccc3)c2)CC1. The Balaban J connectivity index is 1.72. The highest BCUT2D eigenvalue weighted by Gasteiger charge is 2.22. The van der Waals surface area contributed by atoms with E-state index in [9.17, 15) is 13.2 Å². The van der Waals surface area contributed by atoms with Gasteiger partial charge in [0.05, 0.1) is 38.2 Å². The number of hydrazine groups is 1. The predicted octanol–water partition coefficient (Wildman–Crippen LogP) is 0.294. The van der Waals surface area contributed by atoms with Crippen molar-refractivity contribution in [1.82, 2.24) is 15.2 Å². The quantitative estimate of drug-likeness (QED) is 0.624. The number of nitrogens with zero attached hydrogens (tertiary/aromatic N) is 1. The average Bonchev–Trinajstić information content (AvgIpc) is 2.69. The summed E-state index contributed by atoms with van der Waals surface area (Å²) in [5.74, 6) is -0.351. The van der Waals surface area contributed by atoms with Gasteiger partial charge in [-0.1, -0.05) is 41.9 Å². The lowest BCUT2D eigenvalue weighted by atomic mass is 10.2. The Hall–Kier alpha value is -1.97. The maximum absolute atomic E-state index is 12.7. The molecule has 1 saturated heterocycles. The van der Waals surface area contributed by atoms with Crippen LogP contribution >= 0.6 is 11.6 Å². The lowest BCUT2D eigenvalue weighted by Crippen LogP contribution is -3.12. The number of amides is 1. The van der Waals surface area contributed by atoms with E-state index >= 15 is 0 Å². The molecule has 0 spiro atoms. The van der Waals surface area contributed by atoms with Crippen molar-refractivity contribution in [2.75, 3.05) is 33.2 Å². The van der Waals surface area contributed by atoms with Gasteiger partial charge in [-0.2, -0.15) is 0 Å². The third kappa shape index (κ3) is 5.30. The van der Waals surface area contributed by atoms with Crippen molar-refractivity contribution in [3.63, 3.8) is 0 Å². The number of piperazine rings is 1. The molecule has 9 heteroatoms. The molecule has 3 N–H and O–H groups in total. The maximum atomic E-state index is 12.7. The second-order valence-electron chi connectivity index (χ2n) is 6.84. The van der Waals surface area contributed by atoms with Gasteiger partial charge in [0.15, 0.2) is 0 Å². The molecule has 2 aromatic rings. The summed E-state index contributed by atoms with van der Waals surface area (Å²) < 4.78 is 27.9. The minimum atomic E-state index is -3.86. The maximum Gasteiger partial charge on any atom is 0.265 e. The van der Waals surface area contributed by atoms with Gasteiger partial charge in [0.25, 0.3) is 5.91 Å². The molecule has 1 fully saturated rings. The third-order valence-electron chi connectivity index (χ3n) is 4.67. The zero-order valence-corrected chi connectivity index (χ0v) is 17.2. The van der Waals surface area contributed by atoms with Gasteiger partial charge < -0.3 is 4.90 Å². The zero-order valence-electron chi connectivity index (χ0n) is 15.6. The number of quaternary nitrogens is 1. The van der Waals surface area contributed by atoms with Gasteiger partial charge in [0.2, 0.25) is 10.0 Å². The average molecular weight is 424 g/mol. The van der Waals surface area contributed by atoms with Crippen LogP contribution in [0.15, 0.2) is 53.4 Å². The summed E-state index contributed by atoms with van der Waals surface area (Å²) in [6.07, 6.45) is 0. The van der Waals surface area contributed by atoms with Crippen LogP contribution in [0.25, 0.3) is 0 Å². The Morgan fingerprint density at radius 1 is 1.14 bits per heavy atom. The zero-order chi connectivity index (χ0) is 20.1. The summed E-state index contributed by atoms with van der Waals surface area (Å²) in [4.78, 5) is 13.8. The number of hydrogen-bond donors (Lipinski definition) is 3. The fraction of sp³-hybridized carbons (Fsp3) is 0.316. The van der Waals surface area contributed by atoms with Crippen molar-refractivity contribution in [3.8, 4) is 0 Å². The number of rotatable bonds is 6. The van der Waals surface area contributed by atoms with E-state index in [0.717, 1.165) is 31.7 Å². The Kier molecular flexibility index (Phi) is 6.69. The minimum absolute atomic E-state index is 0.0697.